The van der Waals surface area contributed by atoms with Gasteiger partial charge in [-0.15, -0.1) is 0 Å². The first-order valence-corrected chi connectivity index (χ1v) is 4.05. The van der Waals surface area contributed by atoms with Crippen LogP contribution in [0.5, 0.6) is 0 Å². The summed E-state index contributed by atoms with van der Waals surface area (Å²) in [6.45, 7) is 0. The summed E-state index contributed by atoms with van der Waals surface area (Å²) >= 11 is 0. The van der Waals surface area contributed by atoms with Crippen molar-refractivity contribution < 1.29 is 4.79 Å². The molecule has 2 rings (SSSR count). The molecule has 6 nitrogen and oxygen atoms in total. The Labute approximate surface area is 79.9 Å². The highest BCUT2D eigenvalue weighted by atomic mass is 16.1. The Kier molecular flexibility index (Phi) is 2.02. The molecule has 0 radical (unpaired) electrons. The molecule has 0 aliphatic heterocycles. The molecule has 0 saturated carbocycles. The molecule has 14 heavy (non-hydrogen) atoms. The summed E-state index contributed by atoms with van der Waals surface area (Å²) in [6, 6.07) is 1.72. The van der Waals surface area contributed by atoms with E-state index in [1.807, 2.05) is 0 Å². The lowest BCUT2D eigenvalue weighted by Gasteiger charge is -2.02. The number of nitrogens with one attached hydrogen (secondary N) is 2. The van der Waals surface area contributed by atoms with Crippen molar-refractivity contribution in [2.24, 2.45) is 7.05 Å². The number of amides is 1. The third-order valence-corrected chi connectivity index (χ3v) is 1.82. The summed E-state index contributed by atoms with van der Waals surface area (Å²) < 4.78 is 1.58. The summed E-state index contributed by atoms with van der Waals surface area (Å²) in [4.78, 5) is 11.5. The minimum absolute atomic E-state index is 0.206. The van der Waals surface area contributed by atoms with Gasteiger partial charge in [0.05, 0.1) is 18.0 Å². The summed E-state index contributed by atoms with van der Waals surface area (Å²) in [7, 11) is 1.75. The molecule has 0 aromatic carbocycles. The molecule has 2 heterocycles. The van der Waals surface area contributed by atoms with Crippen LogP contribution in [0.3, 0.4) is 0 Å². The lowest BCUT2D eigenvalue weighted by molar-refractivity contribution is 0.102. The van der Waals surface area contributed by atoms with Gasteiger partial charge >= 0.3 is 0 Å². The van der Waals surface area contributed by atoms with E-state index in [0.29, 0.717) is 11.4 Å². The predicted molar refractivity (Wildman–Crippen MR) is 49.7 cm³/mol. The molecule has 2 aromatic heterocycles. The zero-order chi connectivity index (χ0) is 9.97. The van der Waals surface area contributed by atoms with Crippen molar-refractivity contribution in [3.63, 3.8) is 0 Å². The molecule has 0 fully saturated rings. The molecule has 2 aromatic rings. The number of aromatic nitrogens is 4. The van der Waals surface area contributed by atoms with E-state index in [4.69, 9.17) is 0 Å². The van der Waals surface area contributed by atoms with E-state index in [9.17, 15) is 4.79 Å². The molecular formula is C8H9N5O. The number of aryl methyl sites for hydroxylation is 1. The lowest BCUT2D eigenvalue weighted by Crippen LogP contribution is -2.13. The number of carbonyl (C=O) groups excluding carboxylic acids is 1. The first-order valence-electron chi connectivity index (χ1n) is 4.05. The number of anilines is 1. The Morgan fingerprint density at radius 1 is 1.64 bits per heavy atom. The van der Waals surface area contributed by atoms with Crippen LogP contribution in [-0.2, 0) is 7.05 Å². The first kappa shape index (κ1) is 8.49. The number of rotatable bonds is 2. The Morgan fingerprint density at radius 3 is 3.07 bits per heavy atom. The fourth-order valence-corrected chi connectivity index (χ4v) is 1.06. The molecule has 1 amide bonds. The van der Waals surface area contributed by atoms with E-state index in [-0.39, 0.29) is 5.91 Å². The zero-order valence-electron chi connectivity index (χ0n) is 7.56. The molecule has 0 aliphatic carbocycles. The second-order valence-electron chi connectivity index (χ2n) is 2.78. The predicted octanol–water partition coefficient (Wildman–Crippen LogP) is 0.395. The van der Waals surface area contributed by atoms with Crippen LogP contribution < -0.4 is 5.32 Å². The average Bonchev–Trinajstić information content (AvgIpc) is 2.77. The number of carbonyl (C=O) groups is 1. The van der Waals surface area contributed by atoms with Gasteiger partial charge in [0, 0.05) is 19.3 Å². The van der Waals surface area contributed by atoms with Gasteiger partial charge in [-0.2, -0.15) is 10.2 Å². The monoisotopic (exact) mass is 191 g/mol. The van der Waals surface area contributed by atoms with Crippen LogP contribution in [-0.4, -0.2) is 25.9 Å². The standard InChI is InChI=1S/C8H9N5O/c1-13-7(2-3-11-13)12-8(14)6-4-9-10-5-6/h2-5H,1H3,(H,9,10)(H,12,14). The van der Waals surface area contributed by atoms with Gasteiger partial charge < -0.3 is 5.32 Å². The summed E-state index contributed by atoms with van der Waals surface area (Å²) in [5, 5.41) is 12.9. The maximum atomic E-state index is 11.5. The highest BCUT2D eigenvalue weighted by molar-refractivity contribution is 6.03. The van der Waals surface area contributed by atoms with E-state index in [1.165, 1.54) is 12.4 Å². The molecule has 0 spiro atoms. The second kappa shape index (κ2) is 3.33. The number of aromatic amines is 1. The second-order valence-corrected chi connectivity index (χ2v) is 2.78. The molecular weight excluding hydrogens is 182 g/mol. The quantitative estimate of drug-likeness (QED) is 0.721. The van der Waals surface area contributed by atoms with E-state index in [0.717, 1.165) is 0 Å². The Bertz CT molecular complexity index is 430. The van der Waals surface area contributed by atoms with E-state index >= 15 is 0 Å². The Morgan fingerprint density at radius 2 is 2.50 bits per heavy atom. The average molecular weight is 191 g/mol. The SMILES string of the molecule is Cn1nccc1NC(=O)c1cn[nH]c1. The fraction of sp³-hybridized carbons (Fsp3) is 0.125. The van der Waals surface area contributed by atoms with Crippen LogP contribution in [0.1, 0.15) is 10.4 Å². The summed E-state index contributed by atoms with van der Waals surface area (Å²) in [5.74, 6) is 0.443. The molecule has 2 N–H and O–H groups in total. The van der Waals surface area contributed by atoms with Gasteiger partial charge in [0.25, 0.3) is 5.91 Å². The lowest BCUT2D eigenvalue weighted by atomic mass is 10.3. The van der Waals surface area contributed by atoms with Crippen LogP contribution in [0.2, 0.25) is 0 Å². The Hall–Kier alpha value is -2.11. The molecule has 0 bridgehead atoms. The van der Waals surface area contributed by atoms with E-state index < -0.39 is 0 Å². The molecule has 0 unspecified atom stereocenters. The number of H-pyrrole nitrogens is 1. The van der Waals surface area contributed by atoms with Crippen molar-refractivity contribution in [1.29, 1.82) is 0 Å². The van der Waals surface area contributed by atoms with Gasteiger partial charge in [0.1, 0.15) is 5.82 Å². The molecule has 72 valence electrons. The van der Waals surface area contributed by atoms with Gasteiger partial charge in [-0.1, -0.05) is 0 Å². The van der Waals surface area contributed by atoms with Gasteiger partial charge in [-0.3, -0.25) is 14.6 Å². The van der Waals surface area contributed by atoms with E-state index in [1.54, 1.807) is 24.0 Å². The third-order valence-electron chi connectivity index (χ3n) is 1.82. The van der Waals surface area contributed by atoms with Gasteiger partial charge in [-0.05, 0) is 0 Å². The maximum Gasteiger partial charge on any atom is 0.259 e. The first-order chi connectivity index (χ1) is 6.77. The van der Waals surface area contributed by atoms with Crippen molar-refractivity contribution in [1.82, 2.24) is 20.0 Å². The van der Waals surface area contributed by atoms with Crippen LogP contribution >= 0.6 is 0 Å². The smallest absolute Gasteiger partial charge is 0.259 e. The van der Waals surface area contributed by atoms with Crippen LogP contribution in [0.15, 0.2) is 24.7 Å². The van der Waals surface area contributed by atoms with Crippen molar-refractivity contribution in [3.05, 3.63) is 30.2 Å². The normalized spacial score (nSPS) is 10.1. The van der Waals surface area contributed by atoms with Gasteiger partial charge in [-0.25, -0.2) is 0 Å². The number of nitrogens with zero attached hydrogens (tertiary/aromatic N) is 3. The van der Waals surface area contributed by atoms with Crippen molar-refractivity contribution in [2.75, 3.05) is 5.32 Å². The van der Waals surface area contributed by atoms with E-state index in [2.05, 4.69) is 20.6 Å². The van der Waals surface area contributed by atoms with Crippen LogP contribution in [0.25, 0.3) is 0 Å². The van der Waals surface area contributed by atoms with Crippen LogP contribution in [0, 0.1) is 0 Å². The molecule has 0 saturated heterocycles. The van der Waals surface area contributed by atoms with Crippen molar-refractivity contribution in [3.8, 4) is 0 Å². The van der Waals surface area contributed by atoms with Gasteiger partial charge in [0.2, 0.25) is 0 Å². The minimum Gasteiger partial charge on any atom is -0.307 e. The largest absolute Gasteiger partial charge is 0.307 e. The number of hydrogen-bond donors (Lipinski definition) is 2. The molecule has 6 heteroatoms. The maximum absolute atomic E-state index is 11.5. The van der Waals surface area contributed by atoms with Crippen molar-refractivity contribution in [2.45, 2.75) is 0 Å². The molecule has 0 atom stereocenters. The minimum atomic E-state index is -0.206. The summed E-state index contributed by atoms with van der Waals surface area (Å²) in [5.41, 5.74) is 0.492. The molecule has 0 aliphatic rings. The van der Waals surface area contributed by atoms with Crippen LogP contribution in [0.4, 0.5) is 5.82 Å². The highest BCUT2D eigenvalue weighted by Gasteiger charge is 2.08. The highest BCUT2D eigenvalue weighted by Crippen LogP contribution is 2.05. The van der Waals surface area contributed by atoms with Crippen molar-refractivity contribution >= 4 is 11.7 Å². The topological polar surface area (TPSA) is 75.6 Å². The number of hydrogen-bond acceptors (Lipinski definition) is 3. The fourth-order valence-electron chi connectivity index (χ4n) is 1.06. The summed E-state index contributed by atoms with van der Waals surface area (Å²) in [6.07, 6.45) is 4.61. The third kappa shape index (κ3) is 1.49. The zero-order valence-corrected chi connectivity index (χ0v) is 7.56. The Balaban J connectivity index is 2.13. The van der Waals surface area contributed by atoms with Gasteiger partial charge in [0.15, 0.2) is 0 Å².